The molecule has 0 aromatic carbocycles. The predicted octanol–water partition coefficient (Wildman–Crippen LogP) is 1.50. The Labute approximate surface area is 59.6 Å². The van der Waals surface area contributed by atoms with E-state index < -0.39 is 0 Å². The Hall–Kier alpha value is -1.08. The van der Waals surface area contributed by atoms with Crippen LogP contribution in [0.2, 0.25) is 0 Å². The standard InChI is InChI=1S/C6H6N3P/c1-2-6(10-3-1)5-4-7-9-8-5/h1-4,10H,(H,7,8,9). The summed E-state index contributed by atoms with van der Waals surface area (Å²) in [6, 6.07) is 4.11. The van der Waals surface area contributed by atoms with Gasteiger partial charge in [0.2, 0.25) is 0 Å². The van der Waals surface area contributed by atoms with Gasteiger partial charge in [0.25, 0.3) is 0 Å². The van der Waals surface area contributed by atoms with E-state index >= 15 is 0 Å². The topological polar surface area (TPSA) is 41.6 Å². The highest BCUT2D eigenvalue weighted by molar-refractivity contribution is 7.33. The van der Waals surface area contributed by atoms with Gasteiger partial charge in [-0.3, -0.25) is 0 Å². The zero-order chi connectivity index (χ0) is 6.81. The van der Waals surface area contributed by atoms with Gasteiger partial charge < -0.3 is 0 Å². The van der Waals surface area contributed by atoms with Crippen LogP contribution in [0.5, 0.6) is 0 Å². The van der Waals surface area contributed by atoms with E-state index in [1.807, 2.05) is 6.07 Å². The molecule has 0 saturated heterocycles. The third kappa shape index (κ3) is 0.847. The lowest BCUT2D eigenvalue weighted by atomic mass is 10.4. The first kappa shape index (κ1) is 5.69. The summed E-state index contributed by atoms with van der Waals surface area (Å²) in [5.74, 6) is 2.13. The summed E-state index contributed by atoms with van der Waals surface area (Å²) in [7, 11) is 0.752. The maximum absolute atomic E-state index is 3.96. The minimum atomic E-state index is 0.752. The van der Waals surface area contributed by atoms with Crippen LogP contribution in [0.4, 0.5) is 0 Å². The maximum Gasteiger partial charge on any atom is 0.116 e. The molecule has 2 heterocycles. The fraction of sp³-hybridized carbons (Fsp3) is 0. The van der Waals surface area contributed by atoms with E-state index in [1.54, 1.807) is 6.20 Å². The fourth-order valence-corrected chi connectivity index (χ4v) is 1.65. The second kappa shape index (κ2) is 2.27. The summed E-state index contributed by atoms with van der Waals surface area (Å²) in [5.41, 5.74) is 0.961. The van der Waals surface area contributed by atoms with Crippen LogP contribution < -0.4 is 0 Å². The fourth-order valence-electron chi connectivity index (χ4n) is 0.821. The van der Waals surface area contributed by atoms with E-state index in [2.05, 4.69) is 27.3 Å². The van der Waals surface area contributed by atoms with Gasteiger partial charge in [-0.1, -0.05) is 6.07 Å². The molecule has 0 aliphatic rings. The van der Waals surface area contributed by atoms with Crippen LogP contribution >= 0.6 is 8.19 Å². The van der Waals surface area contributed by atoms with Crippen LogP contribution in [-0.4, -0.2) is 15.4 Å². The average molecular weight is 151 g/mol. The molecule has 2 rings (SSSR count). The van der Waals surface area contributed by atoms with Crippen LogP contribution in [0.1, 0.15) is 0 Å². The van der Waals surface area contributed by atoms with Crippen molar-refractivity contribution in [1.82, 2.24) is 15.4 Å². The van der Waals surface area contributed by atoms with E-state index in [9.17, 15) is 0 Å². The molecule has 10 heavy (non-hydrogen) atoms. The van der Waals surface area contributed by atoms with Crippen LogP contribution in [0, 0.1) is 0 Å². The zero-order valence-corrected chi connectivity index (χ0v) is 6.20. The van der Waals surface area contributed by atoms with Crippen LogP contribution in [0.15, 0.2) is 24.1 Å². The van der Waals surface area contributed by atoms with Gasteiger partial charge in [0, 0.05) is 5.30 Å². The number of H-pyrrole nitrogens is 1. The van der Waals surface area contributed by atoms with Crippen LogP contribution in [0.3, 0.4) is 0 Å². The number of aromatic nitrogens is 3. The van der Waals surface area contributed by atoms with E-state index in [1.165, 1.54) is 5.30 Å². The predicted molar refractivity (Wildman–Crippen MR) is 41.3 cm³/mol. The number of nitrogens with zero attached hydrogens (tertiary/aromatic N) is 2. The third-order valence-electron chi connectivity index (χ3n) is 1.29. The largest absolute Gasteiger partial charge is 0.197 e. The van der Waals surface area contributed by atoms with Crippen LogP contribution in [0.25, 0.3) is 11.0 Å². The van der Waals surface area contributed by atoms with Crippen molar-refractivity contribution in [2.45, 2.75) is 0 Å². The van der Waals surface area contributed by atoms with Crippen molar-refractivity contribution in [3.8, 4) is 11.0 Å². The first-order valence-corrected chi connectivity index (χ1v) is 4.04. The number of nitrogens with one attached hydrogen (secondary N) is 1. The van der Waals surface area contributed by atoms with E-state index in [0.717, 1.165) is 13.9 Å². The quantitative estimate of drug-likeness (QED) is 0.671. The Kier molecular flexibility index (Phi) is 1.29. The molecule has 0 amide bonds. The monoisotopic (exact) mass is 151 g/mol. The van der Waals surface area contributed by atoms with Gasteiger partial charge in [-0.15, -0.1) is 8.19 Å². The van der Waals surface area contributed by atoms with Gasteiger partial charge in [0.15, 0.2) is 0 Å². The lowest BCUT2D eigenvalue weighted by Gasteiger charge is -1.83. The summed E-state index contributed by atoms with van der Waals surface area (Å²) >= 11 is 0. The molecule has 0 spiro atoms. The van der Waals surface area contributed by atoms with Crippen molar-refractivity contribution in [2.75, 3.05) is 0 Å². The normalized spacial score (nSPS) is 10.8. The molecule has 2 aromatic heterocycles. The molecule has 0 aliphatic heterocycles. The number of aromatic amines is 1. The highest BCUT2D eigenvalue weighted by Crippen LogP contribution is 2.25. The first-order valence-electron chi connectivity index (χ1n) is 2.96. The summed E-state index contributed by atoms with van der Waals surface area (Å²) in [4.78, 5) is 0. The Morgan fingerprint density at radius 3 is 3.10 bits per heavy atom. The summed E-state index contributed by atoms with van der Waals surface area (Å²) in [6.07, 6.45) is 1.74. The lowest BCUT2D eigenvalue weighted by molar-refractivity contribution is 0.942. The van der Waals surface area contributed by atoms with Crippen LogP contribution in [-0.2, 0) is 0 Å². The number of hydrogen-bond acceptors (Lipinski definition) is 2. The molecule has 4 heteroatoms. The maximum atomic E-state index is 3.96. The van der Waals surface area contributed by atoms with Gasteiger partial charge >= 0.3 is 0 Å². The third-order valence-corrected chi connectivity index (χ3v) is 2.38. The SMILES string of the molecule is c1c[pH]c(-c2cn[nH]n2)c1. The molecule has 2 aromatic rings. The molecule has 0 radical (unpaired) electrons. The molecule has 0 bridgehead atoms. The van der Waals surface area contributed by atoms with E-state index in [4.69, 9.17) is 0 Å². The van der Waals surface area contributed by atoms with Gasteiger partial charge in [-0.05, 0) is 11.9 Å². The molecule has 1 unspecified atom stereocenters. The second-order valence-corrected chi connectivity index (χ2v) is 3.10. The van der Waals surface area contributed by atoms with Crippen molar-refractivity contribution in [3.63, 3.8) is 0 Å². The lowest BCUT2D eigenvalue weighted by Crippen LogP contribution is -1.69. The van der Waals surface area contributed by atoms with Crippen molar-refractivity contribution in [2.24, 2.45) is 0 Å². The summed E-state index contributed by atoms with van der Waals surface area (Å²) < 4.78 is 0. The Morgan fingerprint density at radius 1 is 1.50 bits per heavy atom. The first-order chi connectivity index (χ1) is 4.97. The Balaban J connectivity index is 2.48. The van der Waals surface area contributed by atoms with Crippen molar-refractivity contribution < 1.29 is 0 Å². The molecule has 1 atom stereocenters. The minimum absolute atomic E-state index is 0.752. The second-order valence-electron chi connectivity index (χ2n) is 1.94. The average Bonchev–Trinajstić information content (AvgIpc) is 2.59. The molecular weight excluding hydrogens is 145 g/mol. The van der Waals surface area contributed by atoms with Crippen molar-refractivity contribution in [1.29, 1.82) is 0 Å². The van der Waals surface area contributed by atoms with Crippen molar-refractivity contribution in [3.05, 3.63) is 24.1 Å². The van der Waals surface area contributed by atoms with Gasteiger partial charge in [-0.25, -0.2) is 0 Å². The van der Waals surface area contributed by atoms with Gasteiger partial charge in [0.1, 0.15) is 5.69 Å². The van der Waals surface area contributed by atoms with Gasteiger partial charge in [-0.2, -0.15) is 15.4 Å². The highest BCUT2D eigenvalue weighted by atomic mass is 31.0. The number of rotatable bonds is 1. The highest BCUT2D eigenvalue weighted by Gasteiger charge is 1.97. The molecule has 0 aliphatic carbocycles. The number of hydrogen-bond donors (Lipinski definition) is 1. The molecule has 0 fully saturated rings. The Morgan fingerprint density at radius 2 is 2.50 bits per heavy atom. The Bertz CT molecular complexity index is 252. The van der Waals surface area contributed by atoms with Crippen molar-refractivity contribution >= 4 is 8.19 Å². The summed E-state index contributed by atoms with van der Waals surface area (Å²) in [5, 5.41) is 11.5. The molecule has 3 nitrogen and oxygen atoms in total. The van der Waals surface area contributed by atoms with E-state index in [0.29, 0.717) is 0 Å². The molecular formula is C6H6N3P. The van der Waals surface area contributed by atoms with Gasteiger partial charge in [0.05, 0.1) is 6.20 Å². The summed E-state index contributed by atoms with van der Waals surface area (Å²) in [6.45, 7) is 0. The smallest absolute Gasteiger partial charge is 0.116 e. The van der Waals surface area contributed by atoms with E-state index in [-0.39, 0.29) is 0 Å². The molecule has 1 N–H and O–H groups in total. The zero-order valence-electron chi connectivity index (χ0n) is 5.20. The minimum Gasteiger partial charge on any atom is -0.197 e. The molecule has 50 valence electrons. The molecule has 0 saturated carbocycles.